The van der Waals surface area contributed by atoms with E-state index < -0.39 is 11.6 Å². The van der Waals surface area contributed by atoms with Crippen LogP contribution in [0.2, 0.25) is 0 Å². The molecule has 0 amide bonds. The van der Waals surface area contributed by atoms with Crippen molar-refractivity contribution in [2.75, 3.05) is 18.4 Å². The van der Waals surface area contributed by atoms with Gasteiger partial charge in [-0.3, -0.25) is 4.90 Å². The van der Waals surface area contributed by atoms with Crippen LogP contribution in [0.5, 0.6) is 0 Å². The summed E-state index contributed by atoms with van der Waals surface area (Å²) in [5.41, 5.74) is 1.88. The molecule has 0 unspecified atom stereocenters. The molecule has 7 heteroatoms. The maximum Gasteiger partial charge on any atom is 0.206 e. The number of hydrogen-bond acceptors (Lipinski definition) is 5. The predicted octanol–water partition coefficient (Wildman–Crippen LogP) is 4.56. The van der Waals surface area contributed by atoms with E-state index >= 15 is 0 Å². The third kappa shape index (κ3) is 4.48. The van der Waals surface area contributed by atoms with Gasteiger partial charge in [-0.1, -0.05) is 47.7 Å². The van der Waals surface area contributed by atoms with E-state index in [2.05, 4.69) is 20.4 Å². The van der Waals surface area contributed by atoms with Gasteiger partial charge in [0.05, 0.1) is 0 Å². The van der Waals surface area contributed by atoms with Crippen molar-refractivity contribution in [1.82, 2.24) is 15.1 Å². The normalized spacial score (nSPS) is 15.8. The fraction of sp³-hybridized carbons (Fsp3) is 0.300. The SMILES string of the molecule is Fc1ccc(CN2CCC(Nc3nnc(-c4ccccc4)s3)CC2)cc1F. The number of piperidine rings is 1. The molecular formula is C20H20F2N4S. The Hall–Kier alpha value is -2.38. The minimum Gasteiger partial charge on any atom is -0.357 e. The highest BCUT2D eigenvalue weighted by atomic mass is 32.1. The highest BCUT2D eigenvalue weighted by Crippen LogP contribution is 2.27. The van der Waals surface area contributed by atoms with Crippen molar-refractivity contribution in [1.29, 1.82) is 0 Å². The van der Waals surface area contributed by atoms with Gasteiger partial charge in [-0.2, -0.15) is 0 Å². The molecule has 2 heterocycles. The summed E-state index contributed by atoms with van der Waals surface area (Å²) in [5.74, 6) is -1.58. The summed E-state index contributed by atoms with van der Waals surface area (Å²) in [6, 6.07) is 14.5. The largest absolute Gasteiger partial charge is 0.357 e. The number of benzene rings is 2. The maximum atomic E-state index is 13.3. The Kier molecular flexibility index (Phi) is 5.40. The molecule has 27 heavy (non-hydrogen) atoms. The number of aromatic nitrogens is 2. The summed E-state index contributed by atoms with van der Waals surface area (Å²) >= 11 is 1.56. The molecule has 0 spiro atoms. The zero-order valence-electron chi connectivity index (χ0n) is 14.7. The van der Waals surface area contributed by atoms with Gasteiger partial charge in [-0.05, 0) is 30.5 Å². The van der Waals surface area contributed by atoms with Crippen LogP contribution < -0.4 is 5.32 Å². The third-order valence-electron chi connectivity index (χ3n) is 4.75. The van der Waals surface area contributed by atoms with Gasteiger partial charge in [0, 0.05) is 31.2 Å². The molecular weight excluding hydrogens is 366 g/mol. The first-order chi connectivity index (χ1) is 13.2. The van der Waals surface area contributed by atoms with Gasteiger partial charge < -0.3 is 5.32 Å². The molecule has 0 aliphatic carbocycles. The van der Waals surface area contributed by atoms with Crippen LogP contribution in [0.1, 0.15) is 18.4 Å². The smallest absolute Gasteiger partial charge is 0.206 e. The van der Waals surface area contributed by atoms with Crippen molar-refractivity contribution in [3.63, 3.8) is 0 Å². The lowest BCUT2D eigenvalue weighted by molar-refractivity contribution is 0.211. The molecule has 4 rings (SSSR count). The van der Waals surface area contributed by atoms with E-state index in [0.29, 0.717) is 12.6 Å². The van der Waals surface area contributed by atoms with Crippen LogP contribution in [0.15, 0.2) is 48.5 Å². The van der Waals surface area contributed by atoms with Crippen molar-refractivity contribution in [3.05, 3.63) is 65.7 Å². The molecule has 1 aliphatic heterocycles. The van der Waals surface area contributed by atoms with Gasteiger partial charge in [0.25, 0.3) is 0 Å². The number of rotatable bonds is 5. The molecule has 140 valence electrons. The number of likely N-dealkylation sites (tertiary alicyclic amines) is 1. The van der Waals surface area contributed by atoms with Crippen LogP contribution in [0.4, 0.5) is 13.9 Å². The second kappa shape index (κ2) is 8.10. The van der Waals surface area contributed by atoms with E-state index in [0.717, 1.165) is 47.2 Å². The Morgan fingerprint density at radius 3 is 2.52 bits per heavy atom. The topological polar surface area (TPSA) is 41.0 Å². The first kappa shape index (κ1) is 18.0. The van der Waals surface area contributed by atoms with E-state index in [9.17, 15) is 8.78 Å². The minimum atomic E-state index is -0.798. The molecule has 4 nitrogen and oxygen atoms in total. The summed E-state index contributed by atoms with van der Waals surface area (Å²) < 4.78 is 26.4. The lowest BCUT2D eigenvalue weighted by Gasteiger charge is -2.32. The van der Waals surface area contributed by atoms with E-state index in [1.54, 1.807) is 17.4 Å². The summed E-state index contributed by atoms with van der Waals surface area (Å²) in [6.45, 7) is 2.45. The van der Waals surface area contributed by atoms with E-state index in [4.69, 9.17) is 0 Å². The van der Waals surface area contributed by atoms with Crippen LogP contribution in [-0.4, -0.2) is 34.2 Å². The van der Waals surface area contributed by atoms with Gasteiger partial charge in [0.1, 0.15) is 5.01 Å². The number of nitrogens with zero attached hydrogens (tertiary/aromatic N) is 3. The molecule has 1 saturated heterocycles. The molecule has 2 aromatic carbocycles. The van der Waals surface area contributed by atoms with Crippen molar-refractivity contribution >= 4 is 16.5 Å². The molecule has 0 saturated carbocycles. The molecule has 0 bridgehead atoms. The van der Waals surface area contributed by atoms with Crippen molar-refractivity contribution in [3.8, 4) is 10.6 Å². The summed E-state index contributed by atoms with van der Waals surface area (Å²) in [6.07, 6.45) is 1.95. The van der Waals surface area contributed by atoms with Gasteiger partial charge in [-0.25, -0.2) is 8.78 Å². The van der Waals surface area contributed by atoms with Crippen LogP contribution >= 0.6 is 11.3 Å². The zero-order chi connectivity index (χ0) is 18.6. The predicted molar refractivity (Wildman–Crippen MR) is 104 cm³/mol. The number of nitrogens with one attached hydrogen (secondary N) is 1. The molecule has 0 atom stereocenters. The van der Waals surface area contributed by atoms with Gasteiger partial charge >= 0.3 is 0 Å². The van der Waals surface area contributed by atoms with E-state index in [1.807, 2.05) is 30.3 Å². The lowest BCUT2D eigenvalue weighted by Crippen LogP contribution is -2.38. The molecule has 1 N–H and O–H groups in total. The molecule has 1 aliphatic rings. The zero-order valence-corrected chi connectivity index (χ0v) is 15.6. The molecule has 1 aromatic heterocycles. The average Bonchev–Trinajstić information content (AvgIpc) is 3.16. The maximum absolute atomic E-state index is 13.3. The minimum absolute atomic E-state index is 0.350. The number of anilines is 1. The van der Waals surface area contributed by atoms with Gasteiger partial charge in [0.2, 0.25) is 5.13 Å². The highest BCUT2D eigenvalue weighted by Gasteiger charge is 2.20. The Morgan fingerprint density at radius 2 is 1.78 bits per heavy atom. The van der Waals surface area contributed by atoms with Crippen molar-refractivity contribution < 1.29 is 8.78 Å². The fourth-order valence-electron chi connectivity index (χ4n) is 3.29. The summed E-state index contributed by atoms with van der Waals surface area (Å²) in [5, 5.41) is 13.8. The average molecular weight is 386 g/mol. The second-order valence-corrected chi connectivity index (χ2v) is 7.70. The highest BCUT2D eigenvalue weighted by molar-refractivity contribution is 7.18. The fourth-order valence-corrected chi connectivity index (χ4v) is 4.11. The Morgan fingerprint density at radius 1 is 1.00 bits per heavy atom. The third-order valence-corrected chi connectivity index (χ3v) is 5.65. The van der Waals surface area contributed by atoms with Crippen LogP contribution in [-0.2, 0) is 6.54 Å². The first-order valence-electron chi connectivity index (χ1n) is 8.99. The number of hydrogen-bond donors (Lipinski definition) is 1. The van der Waals surface area contributed by atoms with Gasteiger partial charge in [0.15, 0.2) is 11.6 Å². The summed E-state index contributed by atoms with van der Waals surface area (Å²) in [4.78, 5) is 2.26. The lowest BCUT2D eigenvalue weighted by atomic mass is 10.0. The van der Waals surface area contributed by atoms with Crippen molar-refractivity contribution in [2.45, 2.75) is 25.4 Å². The van der Waals surface area contributed by atoms with E-state index in [-0.39, 0.29) is 0 Å². The molecule has 1 fully saturated rings. The molecule has 3 aromatic rings. The van der Waals surface area contributed by atoms with Gasteiger partial charge in [-0.15, -0.1) is 10.2 Å². The van der Waals surface area contributed by atoms with Crippen molar-refractivity contribution in [2.24, 2.45) is 0 Å². The van der Waals surface area contributed by atoms with Crippen LogP contribution in [0.25, 0.3) is 10.6 Å². The Balaban J connectivity index is 1.29. The van der Waals surface area contributed by atoms with E-state index in [1.165, 1.54) is 12.1 Å². The summed E-state index contributed by atoms with van der Waals surface area (Å²) in [7, 11) is 0. The second-order valence-electron chi connectivity index (χ2n) is 6.72. The Labute approximate surface area is 160 Å². The van der Waals surface area contributed by atoms with Crippen LogP contribution in [0.3, 0.4) is 0 Å². The standard InChI is InChI=1S/C20H20F2N4S/c21-17-7-6-14(12-18(17)22)13-26-10-8-16(9-11-26)23-20-25-24-19(27-20)15-4-2-1-3-5-15/h1-7,12,16H,8-11,13H2,(H,23,25). The first-order valence-corrected chi connectivity index (χ1v) is 9.81. The van der Waals surface area contributed by atoms with Crippen LogP contribution in [0, 0.1) is 11.6 Å². The monoisotopic (exact) mass is 386 g/mol. The Bertz CT molecular complexity index is 892. The molecule has 0 radical (unpaired) electrons. The number of halogens is 2. The quantitative estimate of drug-likeness (QED) is 0.698.